The number of anilines is 1. The van der Waals surface area contributed by atoms with Crippen LogP contribution in [0.3, 0.4) is 0 Å². The van der Waals surface area contributed by atoms with Gasteiger partial charge < -0.3 is 9.80 Å². The van der Waals surface area contributed by atoms with E-state index in [2.05, 4.69) is 0 Å². The first-order valence-electron chi connectivity index (χ1n) is 8.59. The summed E-state index contributed by atoms with van der Waals surface area (Å²) in [5, 5.41) is 0. The van der Waals surface area contributed by atoms with E-state index in [-0.39, 0.29) is 23.9 Å². The van der Waals surface area contributed by atoms with E-state index in [4.69, 9.17) is 0 Å². The lowest BCUT2D eigenvalue weighted by molar-refractivity contribution is -0.136. The molecule has 4 nitrogen and oxygen atoms in total. The van der Waals surface area contributed by atoms with E-state index in [1.807, 2.05) is 61.8 Å². The number of para-hydroxylation sites is 1. The van der Waals surface area contributed by atoms with Crippen LogP contribution in [0.1, 0.15) is 52.0 Å². The summed E-state index contributed by atoms with van der Waals surface area (Å²) < 4.78 is 0. The molecule has 2 rings (SSSR count). The maximum absolute atomic E-state index is 12.9. The second kappa shape index (κ2) is 7.62. The predicted molar refractivity (Wildman–Crippen MR) is 93.4 cm³/mol. The Morgan fingerprint density at radius 1 is 1.22 bits per heavy atom. The first-order chi connectivity index (χ1) is 10.9. The molecule has 1 saturated heterocycles. The highest BCUT2D eigenvalue weighted by Crippen LogP contribution is 2.24. The highest BCUT2D eigenvalue weighted by Gasteiger charge is 2.28. The summed E-state index contributed by atoms with van der Waals surface area (Å²) in [6.07, 6.45) is 3.00. The number of rotatable bonds is 5. The molecule has 0 bridgehead atoms. The van der Waals surface area contributed by atoms with Gasteiger partial charge in [0.15, 0.2) is 0 Å². The third-order valence-electron chi connectivity index (χ3n) is 4.52. The standard InChI is InChI=1S/C19H28N2O2/c1-14(2)21(17-10-6-5-9-15(17)3)19(23)13-16(4)20-12-8-7-11-18(20)22/h5-6,9-10,14,16H,7-8,11-13H2,1-4H3. The van der Waals surface area contributed by atoms with Crippen molar-refractivity contribution in [3.63, 3.8) is 0 Å². The maximum atomic E-state index is 12.9. The first kappa shape index (κ1) is 17.5. The van der Waals surface area contributed by atoms with Crippen LogP contribution in [-0.2, 0) is 9.59 Å². The van der Waals surface area contributed by atoms with E-state index < -0.39 is 0 Å². The van der Waals surface area contributed by atoms with Gasteiger partial charge in [-0.15, -0.1) is 0 Å². The number of carbonyl (C=O) groups is 2. The summed E-state index contributed by atoms with van der Waals surface area (Å²) >= 11 is 0. The monoisotopic (exact) mass is 316 g/mol. The molecule has 23 heavy (non-hydrogen) atoms. The highest BCUT2D eigenvalue weighted by atomic mass is 16.2. The Morgan fingerprint density at radius 2 is 1.91 bits per heavy atom. The lowest BCUT2D eigenvalue weighted by Gasteiger charge is -2.35. The van der Waals surface area contributed by atoms with Gasteiger partial charge in [0.1, 0.15) is 0 Å². The second-order valence-corrected chi connectivity index (χ2v) is 6.74. The molecule has 1 atom stereocenters. The van der Waals surface area contributed by atoms with E-state index in [0.29, 0.717) is 12.8 Å². The van der Waals surface area contributed by atoms with Gasteiger partial charge in [-0.25, -0.2) is 0 Å². The minimum absolute atomic E-state index is 0.0411. The summed E-state index contributed by atoms with van der Waals surface area (Å²) in [4.78, 5) is 28.7. The molecule has 0 aliphatic carbocycles. The number of aryl methyl sites for hydroxylation is 1. The summed E-state index contributed by atoms with van der Waals surface area (Å²) in [5.74, 6) is 0.267. The van der Waals surface area contributed by atoms with Crippen molar-refractivity contribution in [2.24, 2.45) is 0 Å². The smallest absolute Gasteiger partial charge is 0.229 e. The van der Waals surface area contributed by atoms with Gasteiger partial charge in [-0.2, -0.15) is 0 Å². The fourth-order valence-corrected chi connectivity index (χ4v) is 3.29. The van der Waals surface area contributed by atoms with Crippen molar-refractivity contribution in [1.82, 2.24) is 4.90 Å². The molecule has 4 heteroatoms. The van der Waals surface area contributed by atoms with Crippen LogP contribution in [-0.4, -0.2) is 35.3 Å². The zero-order valence-electron chi connectivity index (χ0n) is 14.7. The molecule has 1 aromatic carbocycles. The van der Waals surface area contributed by atoms with Crippen LogP contribution in [0.25, 0.3) is 0 Å². The number of carbonyl (C=O) groups excluding carboxylic acids is 2. The molecule has 1 heterocycles. The Morgan fingerprint density at radius 3 is 2.52 bits per heavy atom. The highest BCUT2D eigenvalue weighted by molar-refractivity contribution is 5.95. The zero-order chi connectivity index (χ0) is 17.0. The fraction of sp³-hybridized carbons (Fsp3) is 0.579. The third-order valence-corrected chi connectivity index (χ3v) is 4.52. The van der Waals surface area contributed by atoms with Crippen LogP contribution < -0.4 is 4.90 Å². The van der Waals surface area contributed by atoms with Crippen molar-refractivity contribution in [2.75, 3.05) is 11.4 Å². The van der Waals surface area contributed by atoms with Crippen molar-refractivity contribution in [2.45, 2.75) is 65.5 Å². The number of likely N-dealkylation sites (tertiary alicyclic amines) is 1. The molecular weight excluding hydrogens is 288 g/mol. The van der Waals surface area contributed by atoms with Crippen molar-refractivity contribution >= 4 is 17.5 Å². The average Bonchev–Trinajstić information content (AvgIpc) is 2.49. The quantitative estimate of drug-likeness (QED) is 0.834. The molecule has 0 saturated carbocycles. The molecule has 1 aliphatic heterocycles. The van der Waals surface area contributed by atoms with Crippen LogP contribution in [0.15, 0.2) is 24.3 Å². The Balaban J connectivity index is 2.13. The fourth-order valence-electron chi connectivity index (χ4n) is 3.29. The van der Waals surface area contributed by atoms with Gasteiger partial charge in [0.05, 0.1) is 0 Å². The topological polar surface area (TPSA) is 40.6 Å². The number of amides is 2. The van der Waals surface area contributed by atoms with Crippen LogP contribution in [0, 0.1) is 6.92 Å². The van der Waals surface area contributed by atoms with Gasteiger partial charge in [0.2, 0.25) is 11.8 Å². The Bertz CT molecular complexity index is 568. The Hall–Kier alpha value is -1.84. The molecule has 2 amide bonds. The van der Waals surface area contributed by atoms with E-state index in [1.54, 1.807) is 0 Å². The van der Waals surface area contributed by atoms with Gasteiger partial charge in [-0.3, -0.25) is 9.59 Å². The third kappa shape index (κ3) is 4.12. The molecule has 1 aliphatic rings. The lowest BCUT2D eigenvalue weighted by atomic mass is 10.0. The SMILES string of the molecule is Cc1ccccc1N(C(=O)CC(C)N1CCCCC1=O)C(C)C. The maximum Gasteiger partial charge on any atom is 0.229 e. The van der Waals surface area contributed by atoms with Crippen LogP contribution in [0.5, 0.6) is 0 Å². The largest absolute Gasteiger partial charge is 0.339 e. The molecule has 126 valence electrons. The molecule has 1 unspecified atom stereocenters. The van der Waals surface area contributed by atoms with E-state index in [9.17, 15) is 9.59 Å². The first-order valence-corrected chi connectivity index (χ1v) is 8.59. The molecule has 0 aromatic heterocycles. The van der Waals surface area contributed by atoms with Gasteiger partial charge in [-0.1, -0.05) is 18.2 Å². The molecule has 0 radical (unpaired) electrons. The molecule has 1 aromatic rings. The van der Waals surface area contributed by atoms with Crippen LogP contribution in [0.4, 0.5) is 5.69 Å². The number of piperidine rings is 1. The summed E-state index contributed by atoms with van der Waals surface area (Å²) in [6.45, 7) is 8.84. The number of nitrogens with zero attached hydrogens (tertiary/aromatic N) is 2. The van der Waals surface area contributed by atoms with E-state index >= 15 is 0 Å². The van der Waals surface area contributed by atoms with Gasteiger partial charge >= 0.3 is 0 Å². The van der Waals surface area contributed by atoms with Crippen molar-refractivity contribution in [1.29, 1.82) is 0 Å². The Kier molecular flexibility index (Phi) is 5.80. The summed E-state index contributed by atoms with van der Waals surface area (Å²) in [7, 11) is 0. The number of hydrogen-bond donors (Lipinski definition) is 0. The van der Waals surface area contributed by atoms with Crippen molar-refractivity contribution in [3.05, 3.63) is 29.8 Å². The van der Waals surface area contributed by atoms with Crippen LogP contribution >= 0.6 is 0 Å². The van der Waals surface area contributed by atoms with Gasteiger partial charge in [0.25, 0.3) is 0 Å². The summed E-state index contributed by atoms with van der Waals surface area (Å²) in [6, 6.07) is 8.01. The Labute approximate surface area is 139 Å². The van der Waals surface area contributed by atoms with E-state index in [0.717, 1.165) is 30.6 Å². The predicted octanol–water partition coefficient (Wildman–Crippen LogP) is 3.53. The number of benzene rings is 1. The summed E-state index contributed by atoms with van der Waals surface area (Å²) in [5.41, 5.74) is 2.06. The zero-order valence-corrected chi connectivity index (χ0v) is 14.7. The normalized spacial score (nSPS) is 16.6. The lowest BCUT2D eigenvalue weighted by Crippen LogP contribution is -2.46. The molecular formula is C19H28N2O2. The minimum atomic E-state index is -0.0411. The number of hydrogen-bond acceptors (Lipinski definition) is 2. The molecule has 0 N–H and O–H groups in total. The molecule has 0 spiro atoms. The molecule has 1 fully saturated rings. The van der Waals surface area contributed by atoms with Crippen molar-refractivity contribution < 1.29 is 9.59 Å². The van der Waals surface area contributed by atoms with Gasteiger partial charge in [-0.05, 0) is 52.2 Å². The van der Waals surface area contributed by atoms with Gasteiger partial charge in [0, 0.05) is 37.2 Å². The average molecular weight is 316 g/mol. The minimum Gasteiger partial charge on any atom is -0.339 e. The second-order valence-electron chi connectivity index (χ2n) is 6.74. The van der Waals surface area contributed by atoms with Crippen molar-refractivity contribution in [3.8, 4) is 0 Å². The van der Waals surface area contributed by atoms with Crippen LogP contribution in [0.2, 0.25) is 0 Å². The van der Waals surface area contributed by atoms with E-state index in [1.165, 1.54) is 0 Å².